The summed E-state index contributed by atoms with van der Waals surface area (Å²) in [5.74, 6) is 0.902. The average Bonchev–Trinajstić information content (AvgIpc) is 3.08. The summed E-state index contributed by atoms with van der Waals surface area (Å²) in [6.07, 6.45) is 3.63. The number of hydrogen-bond acceptors (Lipinski definition) is 4. The molecule has 98 valence electrons. The van der Waals surface area contributed by atoms with Crippen molar-refractivity contribution in [2.75, 3.05) is 26.4 Å². The zero-order chi connectivity index (χ0) is 12.3. The molecule has 4 nitrogen and oxygen atoms in total. The van der Waals surface area contributed by atoms with Crippen LogP contribution in [0.2, 0.25) is 0 Å². The molecule has 0 aromatic rings. The Kier molecular flexibility index (Phi) is 4.07. The van der Waals surface area contributed by atoms with E-state index in [0.717, 1.165) is 25.4 Å². The minimum Gasteiger partial charge on any atom is -0.496 e. The minimum atomic E-state index is -0.127. The molecule has 0 N–H and O–H groups in total. The highest BCUT2D eigenvalue weighted by Crippen LogP contribution is 2.25. The lowest BCUT2D eigenvalue weighted by molar-refractivity contribution is -0.0133. The smallest absolute Gasteiger partial charge is 0.116 e. The minimum absolute atomic E-state index is 0.127. The predicted octanol–water partition coefficient (Wildman–Crippen LogP) is 1.89. The number of allylic oxidation sites excluding steroid dienone is 1. The van der Waals surface area contributed by atoms with Gasteiger partial charge in [0.2, 0.25) is 0 Å². The fraction of sp³-hybridized carbons (Fsp3) is 0.846. The molecule has 0 radical (unpaired) electrons. The van der Waals surface area contributed by atoms with Crippen molar-refractivity contribution in [2.45, 2.75) is 45.0 Å². The highest BCUT2D eigenvalue weighted by molar-refractivity contribution is 4.90. The number of ether oxygens (including phenoxy) is 4. The first-order valence-corrected chi connectivity index (χ1v) is 6.22. The Morgan fingerprint density at radius 1 is 1.29 bits per heavy atom. The lowest BCUT2D eigenvalue weighted by Gasteiger charge is -2.23. The van der Waals surface area contributed by atoms with E-state index in [-0.39, 0.29) is 5.60 Å². The molecule has 0 aliphatic carbocycles. The second-order valence-electron chi connectivity index (χ2n) is 5.31. The Bertz CT molecular complexity index is 277. The van der Waals surface area contributed by atoms with E-state index in [9.17, 15) is 0 Å². The van der Waals surface area contributed by atoms with Crippen molar-refractivity contribution in [1.29, 1.82) is 0 Å². The Labute approximate surface area is 103 Å². The molecular weight excluding hydrogens is 220 g/mol. The molecule has 2 atom stereocenters. The quantitative estimate of drug-likeness (QED) is 0.481. The fourth-order valence-electron chi connectivity index (χ4n) is 1.63. The fourth-order valence-corrected chi connectivity index (χ4v) is 1.63. The van der Waals surface area contributed by atoms with Gasteiger partial charge in [-0.1, -0.05) is 0 Å². The van der Waals surface area contributed by atoms with Gasteiger partial charge in [-0.25, -0.2) is 0 Å². The molecule has 2 aliphatic heterocycles. The van der Waals surface area contributed by atoms with Crippen molar-refractivity contribution in [1.82, 2.24) is 0 Å². The molecule has 0 saturated carbocycles. The maximum atomic E-state index is 5.81. The predicted molar refractivity (Wildman–Crippen MR) is 63.8 cm³/mol. The zero-order valence-electron chi connectivity index (χ0n) is 10.9. The summed E-state index contributed by atoms with van der Waals surface area (Å²) in [5, 5.41) is 0. The number of rotatable bonds is 8. The first-order valence-electron chi connectivity index (χ1n) is 6.22. The van der Waals surface area contributed by atoms with E-state index in [1.807, 2.05) is 13.0 Å². The van der Waals surface area contributed by atoms with Crippen LogP contribution in [-0.2, 0) is 18.9 Å². The van der Waals surface area contributed by atoms with Crippen molar-refractivity contribution in [3.63, 3.8) is 0 Å². The summed E-state index contributed by atoms with van der Waals surface area (Å²) < 4.78 is 21.6. The Morgan fingerprint density at radius 2 is 1.94 bits per heavy atom. The Balaban J connectivity index is 1.60. The van der Waals surface area contributed by atoms with E-state index >= 15 is 0 Å². The molecule has 2 unspecified atom stereocenters. The van der Waals surface area contributed by atoms with E-state index in [2.05, 4.69) is 13.8 Å². The van der Waals surface area contributed by atoms with Crippen LogP contribution < -0.4 is 0 Å². The Hall–Kier alpha value is -0.580. The first-order chi connectivity index (χ1) is 8.05. The van der Waals surface area contributed by atoms with E-state index in [4.69, 9.17) is 18.9 Å². The van der Waals surface area contributed by atoms with Crippen molar-refractivity contribution >= 4 is 0 Å². The molecule has 0 bridgehead atoms. The van der Waals surface area contributed by atoms with Gasteiger partial charge in [0.15, 0.2) is 0 Å². The first kappa shape index (κ1) is 12.9. The van der Waals surface area contributed by atoms with E-state index < -0.39 is 0 Å². The molecule has 0 aromatic heterocycles. The standard InChI is InChI=1S/C13H22O4/c1-10(14-8-12-9-16-12)4-5-17-13(2,3)6-11-7-15-11/h4,11-12H,5-9H2,1-3H3/b10-4+. The van der Waals surface area contributed by atoms with Crippen LogP contribution in [0.1, 0.15) is 27.2 Å². The van der Waals surface area contributed by atoms with Crippen LogP contribution >= 0.6 is 0 Å². The van der Waals surface area contributed by atoms with Gasteiger partial charge in [-0.15, -0.1) is 0 Å². The largest absolute Gasteiger partial charge is 0.496 e. The topological polar surface area (TPSA) is 43.5 Å². The van der Waals surface area contributed by atoms with Gasteiger partial charge in [-0.3, -0.25) is 0 Å². The Morgan fingerprint density at radius 3 is 2.53 bits per heavy atom. The van der Waals surface area contributed by atoms with Crippen LogP contribution in [-0.4, -0.2) is 44.2 Å². The molecule has 2 fully saturated rings. The van der Waals surface area contributed by atoms with Gasteiger partial charge in [-0.05, 0) is 26.8 Å². The molecule has 0 aromatic carbocycles. The van der Waals surface area contributed by atoms with Gasteiger partial charge in [0.25, 0.3) is 0 Å². The number of epoxide rings is 2. The molecule has 2 aliphatic rings. The van der Waals surface area contributed by atoms with Gasteiger partial charge < -0.3 is 18.9 Å². The van der Waals surface area contributed by atoms with Crippen LogP contribution in [0, 0.1) is 0 Å². The van der Waals surface area contributed by atoms with Gasteiger partial charge >= 0.3 is 0 Å². The molecular formula is C13H22O4. The second-order valence-corrected chi connectivity index (χ2v) is 5.31. The average molecular weight is 242 g/mol. The highest BCUT2D eigenvalue weighted by Gasteiger charge is 2.31. The van der Waals surface area contributed by atoms with Crippen LogP contribution in [0.3, 0.4) is 0 Å². The summed E-state index contributed by atoms with van der Waals surface area (Å²) >= 11 is 0. The summed E-state index contributed by atoms with van der Waals surface area (Å²) in [6.45, 7) is 9.08. The summed E-state index contributed by atoms with van der Waals surface area (Å²) in [5.41, 5.74) is -0.127. The van der Waals surface area contributed by atoms with E-state index in [1.54, 1.807) is 0 Å². The van der Waals surface area contributed by atoms with E-state index in [1.165, 1.54) is 0 Å². The van der Waals surface area contributed by atoms with Gasteiger partial charge in [0.1, 0.15) is 12.7 Å². The lowest BCUT2D eigenvalue weighted by atomic mass is 10.0. The maximum absolute atomic E-state index is 5.81. The molecule has 0 amide bonds. The summed E-state index contributed by atoms with van der Waals surface area (Å²) in [6, 6.07) is 0. The zero-order valence-corrected chi connectivity index (χ0v) is 10.9. The number of hydrogen-bond donors (Lipinski definition) is 0. The molecule has 4 heteroatoms. The third kappa shape index (κ3) is 5.52. The molecule has 2 rings (SSSR count). The molecule has 2 saturated heterocycles. The molecule has 0 spiro atoms. The SMILES string of the molecule is C/C(=C\COC(C)(C)CC1CO1)OCC1CO1. The lowest BCUT2D eigenvalue weighted by Crippen LogP contribution is -2.26. The summed E-state index contributed by atoms with van der Waals surface area (Å²) in [7, 11) is 0. The van der Waals surface area contributed by atoms with Gasteiger partial charge in [0, 0.05) is 6.42 Å². The van der Waals surface area contributed by atoms with E-state index in [0.29, 0.717) is 25.4 Å². The van der Waals surface area contributed by atoms with Crippen LogP contribution in [0.15, 0.2) is 11.8 Å². The van der Waals surface area contributed by atoms with Crippen molar-refractivity contribution in [3.8, 4) is 0 Å². The van der Waals surface area contributed by atoms with Crippen molar-refractivity contribution < 1.29 is 18.9 Å². The third-order valence-corrected chi connectivity index (χ3v) is 2.87. The second kappa shape index (κ2) is 5.38. The van der Waals surface area contributed by atoms with Gasteiger partial charge in [0.05, 0.1) is 37.3 Å². The maximum Gasteiger partial charge on any atom is 0.116 e. The van der Waals surface area contributed by atoms with Crippen LogP contribution in [0.4, 0.5) is 0 Å². The summed E-state index contributed by atoms with van der Waals surface area (Å²) in [4.78, 5) is 0. The third-order valence-electron chi connectivity index (χ3n) is 2.87. The van der Waals surface area contributed by atoms with Crippen LogP contribution in [0.25, 0.3) is 0 Å². The molecule has 17 heavy (non-hydrogen) atoms. The monoisotopic (exact) mass is 242 g/mol. The van der Waals surface area contributed by atoms with Crippen LogP contribution in [0.5, 0.6) is 0 Å². The van der Waals surface area contributed by atoms with Gasteiger partial charge in [-0.2, -0.15) is 0 Å². The molecule has 2 heterocycles. The van der Waals surface area contributed by atoms with Crippen molar-refractivity contribution in [2.24, 2.45) is 0 Å². The van der Waals surface area contributed by atoms with Crippen molar-refractivity contribution in [3.05, 3.63) is 11.8 Å². The highest BCUT2D eigenvalue weighted by atomic mass is 16.6. The normalized spacial score (nSPS) is 28.1.